The van der Waals surface area contributed by atoms with Gasteiger partial charge in [-0.1, -0.05) is 43.3 Å². The van der Waals surface area contributed by atoms with Crippen molar-refractivity contribution in [2.45, 2.75) is 13.3 Å². The lowest BCUT2D eigenvalue weighted by molar-refractivity contribution is -0.143. The average Bonchev–Trinajstić information content (AvgIpc) is 2.36. The summed E-state index contributed by atoms with van der Waals surface area (Å²) in [6.07, 6.45) is 3.37. The van der Waals surface area contributed by atoms with Gasteiger partial charge < -0.3 is 4.74 Å². The molecule has 1 unspecified atom stereocenters. The third kappa shape index (κ3) is 4.64. The van der Waals surface area contributed by atoms with Gasteiger partial charge in [-0.25, -0.2) is 0 Å². The second-order valence-electron chi connectivity index (χ2n) is 3.83. The minimum atomic E-state index is -0.362. The van der Waals surface area contributed by atoms with Crippen LogP contribution in [0.3, 0.4) is 0 Å². The van der Waals surface area contributed by atoms with Crippen LogP contribution in [0, 0.1) is 5.92 Å². The van der Waals surface area contributed by atoms with Crippen molar-refractivity contribution in [3.8, 4) is 0 Å². The molecule has 0 amide bonds. The Balaban J connectivity index is 2.54. The molecule has 0 aliphatic carbocycles. The monoisotopic (exact) mass is 232 g/mol. The van der Waals surface area contributed by atoms with Crippen LogP contribution in [0.5, 0.6) is 0 Å². The molecule has 0 bridgehead atoms. The Bertz CT molecular complexity index is 407. The summed E-state index contributed by atoms with van der Waals surface area (Å²) in [6.45, 7) is 1.72. The molecule has 0 aliphatic heterocycles. The normalized spacial score (nSPS) is 12.4. The number of esters is 1. The predicted octanol–water partition coefficient (Wildman–Crippen LogP) is 2.47. The van der Waals surface area contributed by atoms with Gasteiger partial charge in [-0.05, 0) is 11.6 Å². The fourth-order valence-corrected chi connectivity index (χ4v) is 1.34. The van der Waals surface area contributed by atoms with Crippen LogP contribution in [0.2, 0.25) is 0 Å². The summed E-state index contributed by atoms with van der Waals surface area (Å²) in [5.74, 6) is -0.777. The minimum Gasteiger partial charge on any atom is -0.469 e. The summed E-state index contributed by atoms with van der Waals surface area (Å²) in [5, 5.41) is 0. The van der Waals surface area contributed by atoms with Gasteiger partial charge >= 0.3 is 5.97 Å². The van der Waals surface area contributed by atoms with E-state index in [0.717, 1.165) is 5.56 Å². The van der Waals surface area contributed by atoms with Gasteiger partial charge in [0, 0.05) is 5.92 Å². The Labute approximate surface area is 101 Å². The highest BCUT2D eigenvalue weighted by Crippen LogP contribution is 2.08. The SMILES string of the molecule is COC(=O)CC(C)C(=O)/C=C/c1ccccc1. The number of benzene rings is 1. The molecule has 0 aromatic heterocycles. The Kier molecular flexibility index (Phi) is 5.14. The van der Waals surface area contributed by atoms with Crippen molar-refractivity contribution in [1.29, 1.82) is 0 Å². The first kappa shape index (κ1) is 13.2. The van der Waals surface area contributed by atoms with Crippen molar-refractivity contribution in [1.82, 2.24) is 0 Å². The van der Waals surface area contributed by atoms with Crippen LogP contribution in [0.25, 0.3) is 6.08 Å². The lowest BCUT2D eigenvalue weighted by Crippen LogP contribution is -2.14. The fourth-order valence-electron chi connectivity index (χ4n) is 1.34. The van der Waals surface area contributed by atoms with Crippen LogP contribution in [-0.4, -0.2) is 18.9 Å². The van der Waals surface area contributed by atoms with Gasteiger partial charge in [0.15, 0.2) is 5.78 Å². The van der Waals surface area contributed by atoms with E-state index in [9.17, 15) is 9.59 Å². The molecule has 0 saturated carbocycles. The van der Waals surface area contributed by atoms with Gasteiger partial charge in [0.05, 0.1) is 13.5 Å². The molecule has 1 aromatic carbocycles. The Morgan fingerprint density at radius 1 is 1.29 bits per heavy atom. The van der Waals surface area contributed by atoms with E-state index in [1.165, 1.54) is 13.2 Å². The van der Waals surface area contributed by atoms with Gasteiger partial charge in [-0.3, -0.25) is 9.59 Å². The molecule has 1 aromatic rings. The largest absolute Gasteiger partial charge is 0.469 e. The summed E-state index contributed by atoms with van der Waals surface area (Å²) >= 11 is 0. The van der Waals surface area contributed by atoms with Crippen LogP contribution in [0.4, 0.5) is 0 Å². The zero-order valence-electron chi connectivity index (χ0n) is 10.1. The van der Waals surface area contributed by atoms with Crippen molar-refractivity contribution >= 4 is 17.8 Å². The van der Waals surface area contributed by atoms with E-state index in [4.69, 9.17) is 0 Å². The predicted molar refractivity (Wildman–Crippen MR) is 66.3 cm³/mol. The topological polar surface area (TPSA) is 43.4 Å². The maximum Gasteiger partial charge on any atom is 0.306 e. The highest BCUT2D eigenvalue weighted by Gasteiger charge is 2.14. The van der Waals surface area contributed by atoms with Gasteiger partial charge in [0.1, 0.15) is 0 Å². The average molecular weight is 232 g/mol. The van der Waals surface area contributed by atoms with Crippen molar-refractivity contribution in [3.63, 3.8) is 0 Å². The zero-order chi connectivity index (χ0) is 12.7. The Hall–Kier alpha value is -1.90. The molecule has 0 fully saturated rings. The van der Waals surface area contributed by atoms with Crippen molar-refractivity contribution in [3.05, 3.63) is 42.0 Å². The number of rotatable bonds is 5. The second kappa shape index (κ2) is 6.63. The molecule has 0 aliphatic rings. The van der Waals surface area contributed by atoms with E-state index in [0.29, 0.717) is 0 Å². The van der Waals surface area contributed by atoms with E-state index >= 15 is 0 Å². The molecule has 0 radical (unpaired) electrons. The molecule has 0 saturated heterocycles. The van der Waals surface area contributed by atoms with Crippen LogP contribution < -0.4 is 0 Å². The van der Waals surface area contributed by atoms with E-state index in [1.54, 1.807) is 13.0 Å². The van der Waals surface area contributed by atoms with Crippen LogP contribution in [-0.2, 0) is 14.3 Å². The number of carbonyl (C=O) groups excluding carboxylic acids is 2. The maximum absolute atomic E-state index is 11.7. The quantitative estimate of drug-likeness (QED) is 0.578. The number of allylic oxidation sites excluding steroid dienone is 1. The van der Waals surface area contributed by atoms with Gasteiger partial charge in [-0.15, -0.1) is 0 Å². The molecular weight excluding hydrogens is 216 g/mol. The van der Waals surface area contributed by atoms with Gasteiger partial charge in [0.25, 0.3) is 0 Å². The van der Waals surface area contributed by atoms with Gasteiger partial charge in [-0.2, -0.15) is 0 Å². The lowest BCUT2D eigenvalue weighted by Gasteiger charge is -2.05. The number of ether oxygens (including phenoxy) is 1. The van der Waals surface area contributed by atoms with Gasteiger partial charge in [0.2, 0.25) is 0 Å². The van der Waals surface area contributed by atoms with E-state index in [1.807, 2.05) is 30.3 Å². The van der Waals surface area contributed by atoms with Crippen LogP contribution >= 0.6 is 0 Å². The lowest BCUT2D eigenvalue weighted by atomic mass is 10.0. The molecule has 0 spiro atoms. The van der Waals surface area contributed by atoms with Crippen molar-refractivity contribution in [2.75, 3.05) is 7.11 Å². The first-order valence-corrected chi connectivity index (χ1v) is 5.47. The standard InChI is InChI=1S/C14H16O3/c1-11(10-14(16)17-2)13(15)9-8-12-6-4-3-5-7-12/h3-9,11H,10H2,1-2H3/b9-8+. The number of methoxy groups -OCH3 is 1. The summed E-state index contributed by atoms with van der Waals surface area (Å²) in [4.78, 5) is 22.7. The van der Waals surface area contributed by atoms with E-state index in [-0.39, 0.29) is 24.1 Å². The molecule has 3 nitrogen and oxygen atoms in total. The third-order valence-electron chi connectivity index (χ3n) is 2.43. The molecule has 0 N–H and O–H groups in total. The minimum absolute atomic E-state index is 0.0701. The van der Waals surface area contributed by atoms with E-state index in [2.05, 4.69) is 4.74 Å². The molecule has 3 heteroatoms. The summed E-state index contributed by atoms with van der Waals surface area (Å²) < 4.78 is 4.52. The summed E-state index contributed by atoms with van der Waals surface area (Å²) in [6, 6.07) is 9.55. The number of hydrogen-bond donors (Lipinski definition) is 0. The first-order chi connectivity index (χ1) is 8.13. The third-order valence-corrected chi connectivity index (χ3v) is 2.43. The zero-order valence-corrected chi connectivity index (χ0v) is 10.1. The smallest absolute Gasteiger partial charge is 0.306 e. The summed E-state index contributed by atoms with van der Waals surface area (Å²) in [7, 11) is 1.32. The maximum atomic E-state index is 11.7. The molecule has 17 heavy (non-hydrogen) atoms. The first-order valence-electron chi connectivity index (χ1n) is 5.47. The highest BCUT2D eigenvalue weighted by atomic mass is 16.5. The van der Waals surface area contributed by atoms with Crippen molar-refractivity contribution < 1.29 is 14.3 Å². The number of ketones is 1. The number of hydrogen-bond acceptors (Lipinski definition) is 3. The molecule has 0 heterocycles. The Morgan fingerprint density at radius 3 is 2.53 bits per heavy atom. The summed E-state index contributed by atoms with van der Waals surface area (Å²) in [5.41, 5.74) is 0.964. The number of carbonyl (C=O) groups is 2. The van der Waals surface area contributed by atoms with E-state index < -0.39 is 0 Å². The van der Waals surface area contributed by atoms with Crippen molar-refractivity contribution in [2.24, 2.45) is 5.92 Å². The highest BCUT2D eigenvalue weighted by molar-refractivity contribution is 5.96. The van der Waals surface area contributed by atoms with Crippen LogP contribution in [0.1, 0.15) is 18.9 Å². The molecule has 1 rings (SSSR count). The van der Waals surface area contributed by atoms with Crippen LogP contribution in [0.15, 0.2) is 36.4 Å². The molecule has 90 valence electrons. The second-order valence-corrected chi connectivity index (χ2v) is 3.83. The Morgan fingerprint density at radius 2 is 1.94 bits per heavy atom. The molecular formula is C14H16O3. The fraction of sp³-hybridized carbons (Fsp3) is 0.286. The molecule has 1 atom stereocenters.